The molecule has 6 nitrogen and oxygen atoms in total. The summed E-state index contributed by atoms with van der Waals surface area (Å²) in [4.78, 5) is 28.5. The van der Waals surface area contributed by atoms with Crippen LogP contribution in [0.5, 0.6) is 11.5 Å². The number of hydrogen-bond donors (Lipinski definition) is 0. The van der Waals surface area contributed by atoms with E-state index in [0.717, 1.165) is 5.56 Å². The fraction of sp³-hybridized carbons (Fsp3) is 0.500. The summed E-state index contributed by atoms with van der Waals surface area (Å²) in [6.07, 6.45) is 5.36. The summed E-state index contributed by atoms with van der Waals surface area (Å²) in [7, 11) is 3.52. The molecule has 2 atom stereocenters. The lowest BCUT2D eigenvalue weighted by Gasteiger charge is -2.23. The smallest absolute Gasteiger partial charge is 0.234 e. The average Bonchev–Trinajstić information content (AvgIpc) is 2.88. The molecule has 1 aromatic carbocycles. The lowest BCUT2D eigenvalue weighted by molar-refractivity contribution is -0.142. The number of carbonyl (C=O) groups is 2. The van der Waals surface area contributed by atoms with Crippen LogP contribution in [0.2, 0.25) is 0 Å². The lowest BCUT2D eigenvalue weighted by Crippen LogP contribution is -2.40. The van der Waals surface area contributed by atoms with Crippen molar-refractivity contribution in [1.29, 1.82) is 0 Å². The Hall–Kier alpha value is -2.34. The molecule has 140 valence electrons. The highest BCUT2D eigenvalue weighted by Crippen LogP contribution is 2.35. The van der Waals surface area contributed by atoms with Crippen LogP contribution < -0.4 is 9.47 Å². The summed E-state index contributed by atoms with van der Waals surface area (Å²) in [6, 6.07) is 5.79. The fourth-order valence-electron chi connectivity index (χ4n) is 3.70. The van der Waals surface area contributed by atoms with Crippen molar-refractivity contribution in [2.45, 2.75) is 26.3 Å². The van der Waals surface area contributed by atoms with E-state index in [0.29, 0.717) is 44.2 Å². The average molecular weight is 358 g/mol. The number of ether oxygens (including phenoxy) is 2. The normalized spacial score (nSPS) is 22.1. The minimum Gasteiger partial charge on any atom is -0.493 e. The van der Waals surface area contributed by atoms with Gasteiger partial charge in [-0.15, -0.1) is 0 Å². The highest BCUT2D eigenvalue weighted by molar-refractivity contribution is 6.05. The molecule has 0 saturated carbocycles. The molecule has 1 saturated heterocycles. The van der Waals surface area contributed by atoms with E-state index in [1.165, 1.54) is 4.90 Å². The number of amides is 2. The molecule has 2 amide bonds. The molecule has 0 radical (unpaired) electrons. The Morgan fingerprint density at radius 2 is 1.77 bits per heavy atom. The third-order valence-electron chi connectivity index (χ3n) is 4.96. The van der Waals surface area contributed by atoms with E-state index < -0.39 is 0 Å². The number of allylic oxidation sites excluding steroid dienone is 2. The van der Waals surface area contributed by atoms with Crippen molar-refractivity contribution < 1.29 is 19.1 Å². The second kappa shape index (κ2) is 7.91. The fourth-order valence-corrected chi connectivity index (χ4v) is 3.70. The number of hydrogen-bond acceptors (Lipinski definition) is 5. The van der Waals surface area contributed by atoms with Crippen LogP contribution in [0.1, 0.15) is 25.3 Å². The van der Waals surface area contributed by atoms with Crippen LogP contribution in [-0.4, -0.2) is 49.0 Å². The van der Waals surface area contributed by atoms with Crippen molar-refractivity contribution in [1.82, 2.24) is 9.80 Å². The van der Waals surface area contributed by atoms with Gasteiger partial charge in [-0.05, 0) is 44.5 Å². The number of carbonyl (C=O) groups excluding carboxylic acids is 2. The third kappa shape index (κ3) is 3.60. The Morgan fingerprint density at radius 3 is 2.35 bits per heavy atom. The zero-order valence-electron chi connectivity index (χ0n) is 15.6. The first-order chi connectivity index (χ1) is 12.5. The van der Waals surface area contributed by atoms with E-state index in [2.05, 4.69) is 0 Å². The maximum Gasteiger partial charge on any atom is 0.234 e. The molecule has 1 heterocycles. The largest absolute Gasteiger partial charge is 0.493 e. The van der Waals surface area contributed by atoms with Gasteiger partial charge in [0.25, 0.3) is 0 Å². The monoisotopic (exact) mass is 358 g/mol. The second-order valence-corrected chi connectivity index (χ2v) is 6.83. The van der Waals surface area contributed by atoms with Gasteiger partial charge in [-0.3, -0.25) is 19.4 Å². The van der Waals surface area contributed by atoms with Crippen LogP contribution in [0.4, 0.5) is 0 Å². The highest BCUT2D eigenvalue weighted by atomic mass is 16.5. The van der Waals surface area contributed by atoms with Crippen LogP contribution >= 0.6 is 0 Å². The first-order valence-electron chi connectivity index (χ1n) is 9.03. The summed E-state index contributed by atoms with van der Waals surface area (Å²) in [5.41, 5.74) is 1.03. The van der Waals surface area contributed by atoms with Crippen LogP contribution in [0.25, 0.3) is 0 Å². The summed E-state index contributed by atoms with van der Waals surface area (Å²) in [5.74, 6) is 0.963. The van der Waals surface area contributed by atoms with E-state index in [-0.39, 0.29) is 23.7 Å². The first kappa shape index (κ1) is 18.5. The molecule has 1 aromatic rings. The van der Waals surface area contributed by atoms with Gasteiger partial charge in [0.05, 0.1) is 32.2 Å². The Balaban J connectivity index is 1.65. The van der Waals surface area contributed by atoms with Crippen LogP contribution in [0.15, 0.2) is 30.4 Å². The second-order valence-electron chi connectivity index (χ2n) is 6.83. The maximum absolute atomic E-state index is 12.6. The molecular formula is C20H26N2O4. The predicted molar refractivity (Wildman–Crippen MR) is 97.7 cm³/mol. The minimum atomic E-state index is -0.175. The maximum atomic E-state index is 12.6. The molecule has 1 aliphatic carbocycles. The van der Waals surface area contributed by atoms with E-state index >= 15 is 0 Å². The molecule has 1 fully saturated rings. The van der Waals surface area contributed by atoms with Gasteiger partial charge >= 0.3 is 0 Å². The number of rotatable bonds is 7. The molecule has 1 aliphatic heterocycles. The van der Waals surface area contributed by atoms with E-state index in [1.807, 2.05) is 49.2 Å². The van der Waals surface area contributed by atoms with Gasteiger partial charge in [-0.2, -0.15) is 0 Å². The van der Waals surface area contributed by atoms with Crippen molar-refractivity contribution in [2.24, 2.45) is 11.8 Å². The van der Waals surface area contributed by atoms with E-state index in [1.54, 1.807) is 7.11 Å². The molecular weight excluding hydrogens is 332 g/mol. The van der Waals surface area contributed by atoms with Crippen LogP contribution in [0, 0.1) is 11.8 Å². The number of benzene rings is 1. The molecule has 0 spiro atoms. The standard InChI is InChI=1S/C20H26N2O4/c1-4-26-17-10-9-14(11-18(17)25-3)12-21(2)13-22-19(23)15-7-5-6-8-16(15)20(22)24/h5-6,9-11,15-16H,4,7-8,12-13H2,1-3H3/t15-,16+. The van der Waals surface area contributed by atoms with Gasteiger partial charge in [0.1, 0.15) is 0 Å². The van der Waals surface area contributed by atoms with Crippen molar-refractivity contribution >= 4 is 11.8 Å². The zero-order chi connectivity index (χ0) is 18.7. The number of fused-ring (bicyclic) bond motifs is 1. The van der Waals surface area contributed by atoms with Crippen LogP contribution in [-0.2, 0) is 16.1 Å². The lowest BCUT2D eigenvalue weighted by atomic mass is 9.85. The number of nitrogens with zero attached hydrogens (tertiary/aromatic N) is 2. The molecule has 3 rings (SSSR count). The quantitative estimate of drug-likeness (QED) is 0.553. The number of likely N-dealkylation sites (tertiary alicyclic amines) is 1. The van der Waals surface area contributed by atoms with E-state index in [4.69, 9.17) is 9.47 Å². The Labute approximate surface area is 154 Å². The van der Waals surface area contributed by atoms with Crippen molar-refractivity contribution in [3.63, 3.8) is 0 Å². The van der Waals surface area contributed by atoms with Gasteiger partial charge in [-0.1, -0.05) is 18.2 Å². The van der Waals surface area contributed by atoms with Crippen molar-refractivity contribution in [3.05, 3.63) is 35.9 Å². The topological polar surface area (TPSA) is 59.1 Å². The Bertz CT molecular complexity index is 690. The molecule has 26 heavy (non-hydrogen) atoms. The summed E-state index contributed by atoms with van der Waals surface area (Å²) < 4.78 is 10.9. The predicted octanol–water partition coefficient (Wildman–Crippen LogP) is 2.43. The SMILES string of the molecule is CCOc1ccc(CN(C)CN2C(=O)[C@H]3CC=CC[C@H]3C2=O)cc1OC. The van der Waals surface area contributed by atoms with Gasteiger partial charge < -0.3 is 9.47 Å². The molecule has 2 aliphatic rings. The third-order valence-corrected chi connectivity index (χ3v) is 4.96. The zero-order valence-corrected chi connectivity index (χ0v) is 15.6. The summed E-state index contributed by atoms with van der Waals surface area (Å²) in [5, 5.41) is 0. The van der Waals surface area contributed by atoms with Gasteiger partial charge in [0.2, 0.25) is 11.8 Å². The summed E-state index contributed by atoms with van der Waals surface area (Å²) >= 11 is 0. The molecule has 0 aromatic heterocycles. The first-order valence-corrected chi connectivity index (χ1v) is 9.03. The van der Waals surface area contributed by atoms with Gasteiger partial charge in [0.15, 0.2) is 11.5 Å². The number of methoxy groups -OCH3 is 1. The van der Waals surface area contributed by atoms with E-state index in [9.17, 15) is 9.59 Å². The highest BCUT2D eigenvalue weighted by Gasteiger charge is 2.47. The Kier molecular flexibility index (Phi) is 5.61. The van der Waals surface area contributed by atoms with Crippen molar-refractivity contribution in [2.75, 3.05) is 27.4 Å². The summed E-state index contributed by atoms with van der Waals surface area (Å²) in [6.45, 7) is 3.41. The minimum absolute atomic E-state index is 0.0412. The van der Waals surface area contributed by atoms with Gasteiger partial charge in [0, 0.05) is 6.54 Å². The molecule has 6 heteroatoms. The molecule has 0 bridgehead atoms. The number of imide groups is 1. The molecule has 0 N–H and O–H groups in total. The van der Waals surface area contributed by atoms with Gasteiger partial charge in [-0.25, -0.2) is 0 Å². The van der Waals surface area contributed by atoms with Crippen LogP contribution in [0.3, 0.4) is 0 Å². The molecule has 0 unspecified atom stereocenters. The Morgan fingerprint density at radius 1 is 1.12 bits per heavy atom. The van der Waals surface area contributed by atoms with Crippen molar-refractivity contribution in [3.8, 4) is 11.5 Å².